The molecule has 0 fully saturated rings. The highest BCUT2D eigenvalue weighted by Gasteiger charge is 2.15. The molecule has 0 heterocycles. The summed E-state index contributed by atoms with van der Waals surface area (Å²) in [6, 6.07) is 0. The van der Waals surface area contributed by atoms with Gasteiger partial charge in [-0.05, 0) is 13.0 Å². The van der Waals surface area contributed by atoms with Crippen molar-refractivity contribution < 1.29 is 13.9 Å². The molecule has 0 bridgehead atoms. The van der Waals surface area contributed by atoms with Gasteiger partial charge in [0, 0.05) is 6.54 Å². The van der Waals surface area contributed by atoms with Crippen LogP contribution in [0.4, 0.5) is 8.78 Å². The van der Waals surface area contributed by atoms with Gasteiger partial charge >= 0.3 is 0 Å². The topological polar surface area (TPSA) is 32.3 Å². The van der Waals surface area contributed by atoms with Crippen LogP contribution in [-0.4, -0.2) is 30.7 Å². The van der Waals surface area contributed by atoms with E-state index in [9.17, 15) is 8.78 Å². The van der Waals surface area contributed by atoms with Gasteiger partial charge in [0.1, 0.15) is 6.10 Å². The quantitative estimate of drug-likeness (QED) is 0.578. The van der Waals surface area contributed by atoms with E-state index >= 15 is 0 Å². The lowest BCUT2D eigenvalue weighted by Gasteiger charge is -2.09. The van der Waals surface area contributed by atoms with Gasteiger partial charge in [-0.15, -0.1) is 0 Å². The van der Waals surface area contributed by atoms with Crippen molar-refractivity contribution in [2.75, 3.05) is 13.1 Å². The van der Waals surface area contributed by atoms with E-state index < -0.39 is 12.5 Å². The molecule has 0 saturated heterocycles. The number of nitrogens with one attached hydrogen (secondary N) is 1. The third kappa shape index (κ3) is 6.19. The molecule has 4 heteroatoms. The van der Waals surface area contributed by atoms with Crippen LogP contribution >= 0.6 is 0 Å². The van der Waals surface area contributed by atoms with Crippen molar-refractivity contribution in [2.45, 2.75) is 32.3 Å². The lowest BCUT2D eigenvalue weighted by molar-refractivity contribution is -0.00316. The molecule has 2 N–H and O–H groups in total. The van der Waals surface area contributed by atoms with Crippen LogP contribution in [0.15, 0.2) is 0 Å². The zero-order chi connectivity index (χ0) is 8.69. The Morgan fingerprint density at radius 1 is 1.45 bits per heavy atom. The summed E-state index contributed by atoms with van der Waals surface area (Å²) < 4.78 is 23.3. The molecule has 0 aromatic carbocycles. The van der Waals surface area contributed by atoms with Crippen LogP contribution in [0.2, 0.25) is 0 Å². The first-order chi connectivity index (χ1) is 5.18. The highest BCUT2D eigenvalue weighted by atomic mass is 19.3. The van der Waals surface area contributed by atoms with E-state index in [0.717, 1.165) is 12.8 Å². The maximum absolute atomic E-state index is 11.6. The normalized spacial score (nSPS) is 13.9. The highest BCUT2D eigenvalue weighted by molar-refractivity contribution is 4.60. The van der Waals surface area contributed by atoms with Crippen LogP contribution in [0.3, 0.4) is 0 Å². The van der Waals surface area contributed by atoms with Crippen molar-refractivity contribution in [3.8, 4) is 0 Å². The fourth-order valence-electron chi connectivity index (χ4n) is 0.641. The van der Waals surface area contributed by atoms with Crippen LogP contribution in [0, 0.1) is 0 Å². The second-order valence-corrected chi connectivity index (χ2v) is 2.46. The van der Waals surface area contributed by atoms with Crippen molar-refractivity contribution >= 4 is 0 Å². The molecule has 68 valence electrons. The molecule has 0 aromatic heterocycles. The molecule has 0 aliphatic heterocycles. The van der Waals surface area contributed by atoms with E-state index in [1.807, 2.05) is 6.92 Å². The molecule has 0 rings (SSSR count). The Labute approximate surface area is 65.6 Å². The van der Waals surface area contributed by atoms with Crippen molar-refractivity contribution in [3.05, 3.63) is 0 Å². The predicted octanol–water partition coefficient (Wildman–Crippen LogP) is 1.00. The minimum absolute atomic E-state index is 0.0162. The van der Waals surface area contributed by atoms with Gasteiger partial charge in [0.25, 0.3) is 6.43 Å². The van der Waals surface area contributed by atoms with E-state index in [-0.39, 0.29) is 6.54 Å². The van der Waals surface area contributed by atoms with Gasteiger partial charge in [-0.1, -0.05) is 13.3 Å². The number of alkyl halides is 2. The number of halogens is 2. The molecule has 0 radical (unpaired) electrons. The summed E-state index contributed by atoms with van der Waals surface area (Å²) in [5.41, 5.74) is 0. The first-order valence-electron chi connectivity index (χ1n) is 3.85. The molecule has 1 unspecified atom stereocenters. The smallest absolute Gasteiger partial charge is 0.265 e. The van der Waals surface area contributed by atoms with Crippen molar-refractivity contribution in [3.63, 3.8) is 0 Å². The Kier molecular flexibility index (Phi) is 6.36. The van der Waals surface area contributed by atoms with Gasteiger partial charge in [0.2, 0.25) is 0 Å². The van der Waals surface area contributed by atoms with E-state index in [2.05, 4.69) is 5.32 Å². The van der Waals surface area contributed by atoms with E-state index in [1.165, 1.54) is 0 Å². The highest BCUT2D eigenvalue weighted by Crippen LogP contribution is 1.98. The monoisotopic (exact) mass is 167 g/mol. The van der Waals surface area contributed by atoms with E-state index in [0.29, 0.717) is 6.54 Å². The number of unbranched alkanes of at least 4 members (excludes halogenated alkanes) is 1. The standard InChI is InChI=1S/C7H15F2NO/c1-2-3-4-10-5-6(11)7(8)9/h6-7,10-11H,2-5H2,1H3. The number of hydrogen-bond donors (Lipinski definition) is 2. The van der Waals surface area contributed by atoms with E-state index in [4.69, 9.17) is 5.11 Å². The fraction of sp³-hybridized carbons (Fsp3) is 1.00. The minimum Gasteiger partial charge on any atom is -0.386 e. The minimum atomic E-state index is -2.64. The largest absolute Gasteiger partial charge is 0.386 e. The van der Waals surface area contributed by atoms with Crippen molar-refractivity contribution in [2.24, 2.45) is 0 Å². The summed E-state index contributed by atoms with van der Waals surface area (Å²) in [5.74, 6) is 0. The number of aliphatic hydroxyl groups excluding tert-OH is 1. The lowest BCUT2D eigenvalue weighted by Crippen LogP contribution is -2.32. The molecule has 1 atom stereocenters. The fourth-order valence-corrected chi connectivity index (χ4v) is 0.641. The third-order valence-corrected chi connectivity index (χ3v) is 1.35. The number of rotatable bonds is 6. The molecule has 2 nitrogen and oxygen atoms in total. The van der Waals surface area contributed by atoms with Gasteiger partial charge in [-0.25, -0.2) is 8.78 Å². The second-order valence-electron chi connectivity index (χ2n) is 2.46. The van der Waals surface area contributed by atoms with Crippen LogP contribution in [0.25, 0.3) is 0 Å². The van der Waals surface area contributed by atoms with Gasteiger partial charge in [-0.3, -0.25) is 0 Å². The summed E-state index contributed by atoms with van der Waals surface area (Å²) >= 11 is 0. The zero-order valence-electron chi connectivity index (χ0n) is 6.69. The Hall–Kier alpha value is -0.220. The van der Waals surface area contributed by atoms with Gasteiger partial charge < -0.3 is 10.4 Å². The van der Waals surface area contributed by atoms with Crippen LogP contribution in [-0.2, 0) is 0 Å². The number of aliphatic hydroxyl groups is 1. The Bertz CT molecular complexity index is 90.5. The molecule has 0 amide bonds. The van der Waals surface area contributed by atoms with Crippen LogP contribution in [0.1, 0.15) is 19.8 Å². The number of hydrogen-bond acceptors (Lipinski definition) is 2. The summed E-state index contributed by atoms with van der Waals surface area (Å²) in [5, 5.41) is 11.4. The van der Waals surface area contributed by atoms with Crippen LogP contribution < -0.4 is 5.32 Å². The zero-order valence-corrected chi connectivity index (χ0v) is 6.69. The van der Waals surface area contributed by atoms with Crippen molar-refractivity contribution in [1.82, 2.24) is 5.32 Å². The summed E-state index contributed by atoms with van der Waals surface area (Å²) in [4.78, 5) is 0. The van der Waals surface area contributed by atoms with Crippen LogP contribution in [0.5, 0.6) is 0 Å². The first-order valence-corrected chi connectivity index (χ1v) is 3.85. The van der Waals surface area contributed by atoms with Gasteiger partial charge in [-0.2, -0.15) is 0 Å². The van der Waals surface area contributed by atoms with E-state index in [1.54, 1.807) is 0 Å². The molecule has 11 heavy (non-hydrogen) atoms. The lowest BCUT2D eigenvalue weighted by atomic mass is 10.3. The first kappa shape index (κ1) is 10.8. The summed E-state index contributed by atoms with van der Waals surface area (Å²) in [6.45, 7) is 2.70. The maximum atomic E-state index is 11.6. The molecule has 0 aliphatic carbocycles. The third-order valence-electron chi connectivity index (χ3n) is 1.35. The van der Waals surface area contributed by atoms with Crippen molar-refractivity contribution in [1.29, 1.82) is 0 Å². The summed E-state index contributed by atoms with van der Waals surface area (Å²) in [7, 11) is 0. The molecule has 0 aromatic rings. The van der Waals surface area contributed by atoms with Gasteiger partial charge in [0.15, 0.2) is 0 Å². The predicted molar refractivity (Wildman–Crippen MR) is 39.8 cm³/mol. The maximum Gasteiger partial charge on any atom is 0.265 e. The average molecular weight is 167 g/mol. The molecule has 0 spiro atoms. The molecular weight excluding hydrogens is 152 g/mol. The Balaban J connectivity index is 3.10. The molecule has 0 saturated carbocycles. The second kappa shape index (κ2) is 6.49. The Morgan fingerprint density at radius 3 is 2.55 bits per heavy atom. The SMILES string of the molecule is CCCCNCC(O)C(F)F. The van der Waals surface area contributed by atoms with Gasteiger partial charge in [0.05, 0.1) is 0 Å². The Morgan fingerprint density at radius 2 is 2.09 bits per heavy atom. The average Bonchev–Trinajstić information content (AvgIpc) is 1.97. The summed E-state index contributed by atoms with van der Waals surface area (Å²) in [6.07, 6.45) is -2.18. The molecular formula is C7H15F2NO. The molecule has 0 aliphatic rings.